The van der Waals surface area contributed by atoms with E-state index in [-0.39, 0.29) is 0 Å². The van der Waals surface area contributed by atoms with Crippen LogP contribution in [0.5, 0.6) is 0 Å². The third-order valence-corrected chi connectivity index (χ3v) is 4.86. The van der Waals surface area contributed by atoms with Crippen molar-refractivity contribution in [2.45, 2.75) is 31.6 Å². The maximum absolute atomic E-state index is 6.00. The molecule has 0 atom stereocenters. The molecule has 19 heavy (non-hydrogen) atoms. The number of piperidine rings is 1. The molecule has 0 spiro atoms. The molecule has 1 fully saturated rings. The van der Waals surface area contributed by atoms with E-state index in [9.17, 15) is 0 Å². The van der Waals surface area contributed by atoms with Gasteiger partial charge in [0.15, 0.2) is 0 Å². The molecule has 2 N–H and O–H groups in total. The number of hydrogen-bond donors (Lipinski definition) is 1. The summed E-state index contributed by atoms with van der Waals surface area (Å²) in [5.74, 6) is 0.695. The molecule has 108 valence electrons. The van der Waals surface area contributed by atoms with Crippen LogP contribution in [0.2, 0.25) is 10.0 Å². The summed E-state index contributed by atoms with van der Waals surface area (Å²) in [6, 6.07) is 5.77. The van der Waals surface area contributed by atoms with Gasteiger partial charge in [0.2, 0.25) is 0 Å². The molecule has 1 aliphatic rings. The van der Waals surface area contributed by atoms with Crippen LogP contribution in [0.15, 0.2) is 23.1 Å². The lowest BCUT2D eigenvalue weighted by Crippen LogP contribution is -2.31. The van der Waals surface area contributed by atoms with Gasteiger partial charge in [-0.05, 0) is 55.5 Å². The maximum atomic E-state index is 6.00. The topological polar surface area (TPSA) is 29.3 Å². The molecule has 1 aromatic rings. The van der Waals surface area contributed by atoms with Gasteiger partial charge in [0.05, 0.1) is 10.0 Å². The first-order chi connectivity index (χ1) is 9.19. The summed E-state index contributed by atoms with van der Waals surface area (Å²) >= 11 is 13.6. The second-order valence-electron chi connectivity index (χ2n) is 4.28. The Bertz CT molecular complexity index is 380. The van der Waals surface area contributed by atoms with Gasteiger partial charge < -0.3 is 5.73 Å². The third kappa shape index (κ3) is 5.52. The minimum absolute atomic E-state index is 0.609. The molecule has 2 nitrogen and oxygen atoms in total. The molecule has 1 aromatic carbocycles. The Labute approximate surface area is 130 Å². The van der Waals surface area contributed by atoms with Crippen molar-refractivity contribution in [1.82, 2.24) is 4.31 Å². The first kappa shape index (κ1) is 17.1. The highest BCUT2D eigenvalue weighted by Gasteiger charge is 2.18. The fraction of sp³-hybridized carbons (Fsp3) is 0.571. The molecule has 0 radical (unpaired) electrons. The minimum Gasteiger partial charge on any atom is -0.330 e. The molecular formula is C14H22Cl2N2S. The Balaban J connectivity index is 0.000000861. The highest BCUT2D eigenvalue weighted by molar-refractivity contribution is 7.97. The molecular weight excluding hydrogens is 299 g/mol. The zero-order valence-corrected chi connectivity index (χ0v) is 13.9. The van der Waals surface area contributed by atoms with E-state index < -0.39 is 0 Å². The number of halogens is 2. The van der Waals surface area contributed by atoms with Gasteiger partial charge >= 0.3 is 0 Å². The average Bonchev–Trinajstić information content (AvgIpc) is 2.46. The van der Waals surface area contributed by atoms with Gasteiger partial charge in [-0.2, -0.15) is 0 Å². The first-order valence-electron chi connectivity index (χ1n) is 6.77. The van der Waals surface area contributed by atoms with Crippen LogP contribution in [0, 0.1) is 5.92 Å². The fourth-order valence-corrected chi connectivity index (χ4v) is 3.27. The zero-order valence-electron chi connectivity index (χ0n) is 11.5. The van der Waals surface area contributed by atoms with Crippen LogP contribution in [0.4, 0.5) is 0 Å². The monoisotopic (exact) mass is 320 g/mol. The predicted octanol–water partition coefficient (Wildman–Crippen LogP) is 4.70. The largest absolute Gasteiger partial charge is 0.330 e. The molecule has 0 bridgehead atoms. The molecule has 0 amide bonds. The number of hydrogen-bond acceptors (Lipinski definition) is 3. The van der Waals surface area contributed by atoms with Crippen molar-refractivity contribution in [1.29, 1.82) is 0 Å². The number of nitrogens with zero attached hydrogens (tertiary/aromatic N) is 1. The lowest BCUT2D eigenvalue weighted by molar-refractivity contribution is 0.297. The standard InChI is InChI=1S/C12H16Cl2N2S.C2H6/c13-11-2-1-10(7-12(11)14)17-16-5-3-9(8-15)4-6-16;1-2/h1-2,7,9H,3-6,8,15H2;1-2H3. The molecule has 1 heterocycles. The molecule has 5 heteroatoms. The molecule has 0 saturated carbocycles. The smallest absolute Gasteiger partial charge is 0.0603 e. The van der Waals surface area contributed by atoms with E-state index in [0.717, 1.165) is 24.5 Å². The maximum Gasteiger partial charge on any atom is 0.0603 e. The number of nitrogens with two attached hydrogens (primary N) is 1. The van der Waals surface area contributed by atoms with Crippen LogP contribution in [-0.4, -0.2) is 23.9 Å². The highest BCUT2D eigenvalue weighted by atomic mass is 35.5. The average molecular weight is 321 g/mol. The molecule has 1 saturated heterocycles. The number of rotatable bonds is 3. The van der Waals surface area contributed by atoms with E-state index in [2.05, 4.69) is 4.31 Å². The van der Waals surface area contributed by atoms with Crippen molar-refractivity contribution < 1.29 is 0 Å². The Kier molecular flexibility index (Phi) is 8.19. The fourth-order valence-electron chi connectivity index (χ4n) is 1.92. The minimum atomic E-state index is 0.609. The molecule has 1 aliphatic heterocycles. The summed E-state index contributed by atoms with van der Waals surface area (Å²) in [7, 11) is 0. The predicted molar refractivity (Wildman–Crippen MR) is 87.0 cm³/mol. The molecule has 0 aromatic heterocycles. The normalized spacial score (nSPS) is 16.9. The van der Waals surface area contributed by atoms with Crippen LogP contribution >= 0.6 is 35.1 Å². The Morgan fingerprint density at radius 1 is 1.21 bits per heavy atom. The summed E-state index contributed by atoms with van der Waals surface area (Å²) in [5.41, 5.74) is 5.68. The number of benzene rings is 1. The van der Waals surface area contributed by atoms with Gasteiger partial charge in [0, 0.05) is 18.0 Å². The van der Waals surface area contributed by atoms with Gasteiger partial charge in [-0.1, -0.05) is 37.0 Å². The van der Waals surface area contributed by atoms with Gasteiger partial charge in [-0.3, -0.25) is 0 Å². The summed E-state index contributed by atoms with van der Waals surface area (Å²) in [4.78, 5) is 1.14. The molecule has 0 unspecified atom stereocenters. The molecule has 2 rings (SSSR count). The second kappa shape index (κ2) is 9.09. The molecule has 0 aliphatic carbocycles. The van der Waals surface area contributed by atoms with Crippen molar-refractivity contribution in [3.8, 4) is 0 Å². The van der Waals surface area contributed by atoms with Crippen LogP contribution < -0.4 is 5.73 Å². The van der Waals surface area contributed by atoms with E-state index in [4.69, 9.17) is 28.9 Å². The van der Waals surface area contributed by atoms with Crippen molar-refractivity contribution in [2.75, 3.05) is 19.6 Å². The van der Waals surface area contributed by atoms with E-state index in [1.54, 1.807) is 11.9 Å². The van der Waals surface area contributed by atoms with Crippen molar-refractivity contribution in [2.24, 2.45) is 11.7 Å². The lowest BCUT2D eigenvalue weighted by atomic mass is 9.99. The summed E-state index contributed by atoms with van der Waals surface area (Å²) in [5, 5.41) is 1.23. The first-order valence-corrected chi connectivity index (χ1v) is 8.30. The van der Waals surface area contributed by atoms with E-state index in [1.807, 2.05) is 32.0 Å². The van der Waals surface area contributed by atoms with Gasteiger partial charge in [0.1, 0.15) is 0 Å². The second-order valence-corrected chi connectivity index (χ2v) is 6.26. The van der Waals surface area contributed by atoms with E-state index in [0.29, 0.717) is 16.0 Å². The van der Waals surface area contributed by atoms with Crippen LogP contribution in [0.25, 0.3) is 0 Å². The Hall–Kier alpha value is 0.0700. The van der Waals surface area contributed by atoms with Crippen molar-refractivity contribution in [3.63, 3.8) is 0 Å². The quantitative estimate of drug-likeness (QED) is 0.819. The van der Waals surface area contributed by atoms with Gasteiger partial charge in [-0.25, -0.2) is 4.31 Å². The van der Waals surface area contributed by atoms with Crippen LogP contribution in [0.1, 0.15) is 26.7 Å². The van der Waals surface area contributed by atoms with E-state index in [1.165, 1.54) is 12.8 Å². The summed E-state index contributed by atoms with van der Waals surface area (Å²) < 4.78 is 2.37. The van der Waals surface area contributed by atoms with E-state index >= 15 is 0 Å². The van der Waals surface area contributed by atoms with Crippen LogP contribution in [-0.2, 0) is 0 Å². The van der Waals surface area contributed by atoms with Crippen LogP contribution in [0.3, 0.4) is 0 Å². The van der Waals surface area contributed by atoms with Crippen molar-refractivity contribution >= 4 is 35.1 Å². The summed E-state index contributed by atoms with van der Waals surface area (Å²) in [6.07, 6.45) is 2.37. The highest BCUT2D eigenvalue weighted by Crippen LogP contribution is 2.32. The lowest BCUT2D eigenvalue weighted by Gasteiger charge is -2.30. The Morgan fingerprint density at radius 3 is 2.37 bits per heavy atom. The zero-order chi connectivity index (χ0) is 14.3. The Morgan fingerprint density at radius 2 is 1.84 bits per heavy atom. The van der Waals surface area contributed by atoms with Gasteiger partial charge in [0.25, 0.3) is 0 Å². The van der Waals surface area contributed by atoms with Gasteiger partial charge in [-0.15, -0.1) is 0 Å². The third-order valence-electron chi connectivity index (χ3n) is 3.03. The van der Waals surface area contributed by atoms with Crippen molar-refractivity contribution in [3.05, 3.63) is 28.2 Å². The SMILES string of the molecule is CC.NCC1CCN(Sc2ccc(Cl)c(Cl)c2)CC1. The summed E-state index contributed by atoms with van der Waals surface area (Å²) in [6.45, 7) is 6.99.